The first-order valence-corrected chi connectivity index (χ1v) is 8.51. The van der Waals surface area contributed by atoms with Gasteiger partial charge in [0.2, 0.25) is 11.9 Å². The third-order valence-corrected chi connectivity index (χ3v) is 4.58. The summed E-state index contributed by atoms with van der Waals surface area (Å²) in [6, 6.07) is 8.50. The lowest BCUT2D eigenvalue weighted by Crippen LogP contribution is -2.22. The lowest BCUT2D eigenvalue weighted by Gasteiger charge is -2.25. The van der Waals surface area contributed by atoms with Gasteiger partial charge in [-0.2, -0.15) is 0 Å². The van der Waals surface area contributed by atoms with E-state index in [2.05, 4.69) is 60.3 Å². The lowest BCUT2D eigenvalue weighted by atomic mass is 9.80. The summed E-state index contributed by atoms with van der Waals surface area (Å²) >= 11 is 0. The second-order valence-corrected chi connectivity index (χ2v) is 7.64. The smallest absolute Gasteiger partial charge is 0.229 e. The Morgan fingerprint density at radius 3 is 2.44 bits per heavy atom. The Balaban J connectivity index is 1.87. The molecular weight excluding hydrogens is 314 g/mol. The van der Waals surface area contributed by atoms with Crippen molar-refractivity contribution in [3.05, 3.63) is 52.8 Å². The summed E-state index contributed by atoms with van der Waals surface area (Å²) in [4.78, 5) is 32.1. The number of nitrogens with one attached hydrogen (secondary N) is 1. The van der Waals surface area contributed by atoms with Gasteiger partial charge in [-0.15, -0.1) is 0 Å². The van der Waals surface area contributed by atoms with E-state index in [0.717, 1.165) is 5.56 Å². The minimum Gasteiger partial charge on any atom is -0.295 e. The number of rotatable bonds is 2. The van der Waals surface area contributed by atoms with Crippen LogP contribution in [0, 0.1) is 0 Å². The van der Waals surface area contributed by atoms with E-state index in [1.807, 2.05) is 0 Å². The van der Waals surface area contributed by atoms with Gasteiger partial charge in [-0.3, -0.25) is 14.9 Å². The summed E-state index contributed by atoms with van der Waals surface area (Å²) in [5.41, 5.74) is 3.80. The molecule has 5 nitrogen and oxygen atoms in total. The molecule has 2 aromatic rings. The Hall–Kier alpha value is -2.56. The van der Waals surface area contributed by atoms with Crippen LogP contribution in [0.1, 0.15) is 67.2 Å². The standard InChI is InChI=1S/C20H23N3O2/c1-12(24)22-19-21-11-16-17(23-19)9-14(10-18(16)25)13-5-7-15(8-6-13)20(2,3)4/h5-8,11,14H,9-10H2,1-4H3,(H,21,22,23,24)/t14-/m1/s1. The fourth-order valence-corrected chi connectivity index (χ4v) is 3.15. The molecule has 0 spiro atoms. The first kappa shape index (κ1) is 17.3. The third kappa shape index (κ3) is 3.76. The fraction of sp³-hybridized carbons (Fsp3) is 0.400. The quantitative estimate of drug-likeness (QED) is 0.908. The second kappa shape index (κ2) is 6.39. The number of nitrogens with zero attached hydrogens (tertiary/aromatic N) is 2. The summed E-state index contributed by atoms with van der Waals surface area (Å²) in [6.07, 6.45) is 2.66. The van der Waals surface area contributed by atoms with Gasteiger partial charge >= 0.3 is 0 Å². The number of carbonyl (C=O) groups is 2. The number of aromatic nitrogens is 2. The van der Waals surface area contributed by atoms with Crippen LogP contribution in [0.15, 0.2) is 30.5 Å². The summed E-state index contributed by atoms with van der Waals surface area (Å²) in [6.45, 7) is 7.96. The number of benzene rings is 1. The largest absolute Gasteiger partial charge is 0.295 e. The summed E-state index contributed by atoms with van der Waals surface area (Å²) in [5, 5.41) is 2.58. The molecule has 130 valence electrons. The molecule has 1 aliphatic rings. The average Bonchev–Trinajstić information content (AvgIpc) is 2.53. The first-order valence-electron chi connectivity index (χ1n) is 8.51. The number of hydrogen-bond donors (Lipinski definition) is 1. The number of ketones is 1. The zero-order chi connectivity index (χ0) is 18.2. The number of anilines is 1. The molecule has 0 saturated heterocycles. The first-order chi connectivity index (χ1) is 11.7. The van der Waals surface area contributed by atoms with Gasteiger partial charge in [0.1, 0.15) is 0 Å². The van der Waals surface area contributed by atoms with Crippen LogP contribution in [0.4, 0.5) is 5.95 Å². The summed E-state index contributed by atoms with van der Waals surface area (Å²) < 4.78 is 0. The molecule has 1 aromatic heterocycles. The van der Waals surface area contributed by atoms with E-state index in [9.17, 15) is 9.59 Å². The minimum absolute atomic E-state index is 0.0560. The normalized spacial score (nSPS) is 17.1. The van der Waals surface area contributed by atoms with E-state index in [1.54, 1.807) is 0 Å². The van der Waals surface area contributed by atoms with Crippen molar-refractivity contribution in [1.29, 1.82) is 0 Å². The highest BCUT2D eigenvalue weighted by molar-refractivity contribution is 5.98. The zero-order valence-electron chi connectivity index (χ0n) is 15.1. The molecule has 0 unspecified atom stereocenters. The van der Waals surface area contributed by atoms with Crippen LogP contribution < -0.4 is 5.32 Å². The van der Waals surface area contributed by atoms with E-state index in [1.165, 1.54) is 18.7 Å². The van der Waals surface area contributed by atoms with Gasteiger partial charge in [0.15, 0.2) is 5.78 Å². The molecule has 1 heterocycles. The molecule has 5 heteroatoms. The van der Waals surface area contributed by atoms with Crippen molar-refractivity contribution in [2.24, 2.45) is 0 Å². The van der Waals surface area contributed by atoms with Crippen molar-refractivity contribution in [1.82, 2.24) is 9.97 Å². The number of carbonyl (C=O) groups excluding carboxylic acids is 2. The van der Waals surface area contributed by atoms with Crippen molar-refractivity contribution in [2.75, 3.05) is 5.32 Å². The molecule has 1 aliphatic carbocycles. The molecule has 25 heavy (non-hydrogen) atoms. The Bertz CT molecular complexity index is 820. The van der Waals surface area contributed by atoms with Crippen LogP contribution in [0.2, 0.25) is 0 Å². The maximum absolute atomic E-state index is 12.5. The Kier molecular flexibility index (Phi) is 4.41. The van der Waals surface area contributed by atoms with Gasteiger partial charge < -0.3 is 0 Å². The Morgan fingerprint density at radius 2 is 1.84 bits per heavy atom. The highest BCUT2D eigenvalue weighted by Crippen LogP contribution is 2.33. The number of hydrogen-bond acceptors (Lipinski definition) is 4. The van der Waals surface area contributed by atoms with Gasteiger partial charge in [-0.1, -0.05) is 45.0 Å². The maximum atomic E-state index is 12.5. The van der Waals surface area contributed by atoms with Crippen LogP contribution in [0.5, 0.6) is 0 Å². The van der Waals surface area contributed by atoms with Gasteiger partial charge in [0, 0.05) is 19.5 Å². The van der Waals surface area contributed by atoms with Gasteiger partial charge in [-0.25, -0.2) is 9.97 Å². The van der Waals surface area contributed by atoms with Crippen molar-refractivity contribution >= 4 is 17.6 Å². The molecule has 0 radical (unpaired) electrons. The van der Waals surface area contributed by atoms with Crippen molar-refractivity contribution < 1.29 is 9.59 Å². The van der Waals surface area contributed by atoms with Crippen LogP contribution in [-0.2, 0) is 16.6 Å². The van der Waals surface area contributed by atoms with Crippen molar-refractivity contribution in [2.45, 2.75) is 51.9 Å². The molecule has 1 aromatic carbocycles. The fourth-order valence-electron chi connectivity index (χ4n) is 3.15. The second-order valence-electron chi connectivity index (χ2n) is 7.64. The molecular formula is C20H23N3O2. The molecule has 0 aliphatic heterocycles. The summed E-state index contributed by atoms with van der Waals surface area (Å²) in [7, 11) is 0. The summed E-state index contributed by atoms with van der Waals surface area (Å²) in [5.74, 6) is 0.189. The van der Waals surface area contributed by atoms with Crippen LogP contribution >= 0.6 is 0 Å². The topological polar surface area (TPSA) is 72.0 Å². The maximum Gasteiger partial charge on any atom is 0.229 e. The number of amides is 1. The van der Waals surface area contributed by atoms with Crippen LogP contribution in [-0.4, -0.2) is 21.7 Å². The van der Waals surface area contributed by atoms with E-state index in [0.29, 0.717) is 24.1 Å². The number of fused-ring (bicyclic) bond motifs is 1. The highest BCUT2D eigenvalue weighted by Gasteiger charge is 2.28. The van der Waals surface area contributed by atoms with Crippen molar-refractivity contribution in [3.8, 4) is 0 Å². The van der Waals surface area contributed by atoms with E-state index in [4.69, 9.17) is 0 Å². The van der Waals surface area contributed by atoms with Gasteiger partial charge in [-0.05, 0) is 28.9 Å². The van der Waals surface area contributed by atoms with E-state index < -0.39 is 0 Å². The molecule has 3 rings (SSSR count). The lowest BCUT2D eigenvalue weighted by molar-refractivity contribution is -0.114. The van der Waals surface area contributed by atoms with Gasteiger partial charge in [0.25, 0.3) is 0 Å². The predicted octanol–water partition coefficient (Wildman–Crippen LogP) is 3.65. The Morgan fingerprint density at radius 1 is 1.16 bits per heavy atom. The number of Topliss-reactive ketones (excluding diaryl/α,β-unsaturated/α-hetero) is 1. The molecule has 0 saturated carbocycles. The molecule has 1 amide bonds. The highest BCUT2D eigenvalue weighted by atomic mass is 16.1. The average molecular weight is 337 g/mol. The van der Waals surface area contributed by atoms with Crippen molar-refractivity contribution in [3.63, 3.8) is 0 Å². The molecule has 1 atom stereocenters. The zero-order valence-corrected chi connectivity index (χ0v) is 15.1. The monoisotopic (exact) mass is 337 g/mol. The molecule has 0 bridgehead atoms. The molecule has 1 N–H and O–H groups in total. The molecule has 0 fully saturated rings. The Labute approximate surface area is 147 Å². The van der Waals surface area contributed by atoms with E-state index >= 15 is 0 Å². The van der Waals surface area contributed by atoms with Gasteiger partial charge in [0.05, 0.1) is 11.3 Å². The van der Waals surface area contributed by atoms with Crippen LogP contribution in [0.3, 0.4) is 0 Å². The predicted molar refractivity (Wildman–Crippen MR) is 96.9 cm³/mol. The minimum atomic E-state index is -0.226. The SMILES string of the molecule is CC(=O)Nc1ncc2c(n1)C[C@@H](c1ccc(C(C)(C)C)cc1)CC2=O. The van der Waals surface area contributed by atoms with E-state index in [-0.39, 0.29) is 29.0 Å². The third-order valence-electron chi connectivity index (χ3n) is 4.58. The van der Waals surface area contributed by atoms with Crippen LogP contribution in [0.25, 0.3) is 0 Å².